The van der Waals surface area contributed by atoms with Crippen LogP contribution in [-0.2, 0) is 5.41 Å². The second kappa shape index (κ2) is 11.2. The minimum absolute atomic E-state index is 0.147. The molecule has 0 atom stereocenters. The third-order valence-electron chi connectivity index (χ3n) is 11.7. The van der Waals surface area contributed by atoms with Crippen LogP contribution in [-0.4, -0.2) is 9.13 Å². The molecule has 1 aliphatic rings. The molecule has 10 aromatic rings. The molecule has 2 aromatic heterocycles. The van der Waals surface area contributed by atoms with Gasteiger partial charge < -0.3 is 9.13 Å². The average molecular weight is 677 g/mol. The van der Waals surface area contributed by atoms with Crippen LogP contribution < -0.4 is 0 Å². The first-order chi connectivity index (χ1) is 26.1. The fourth-order valence-corrected chi connectivity index (χ4v) is 9.33. The number of fused-ring (bicyclic) bond motifs is 10. The quantitative estimate of drug-likeness (QED) is 0.176. The zero-order chi connectivity index (χ0) is 35.3. The number of nitrogens with zero attached hydrogens (tertiary/aromatic N) is 2. The van der Waals surface area contributed by atoms with Crippen molar-refractivity contribution in [3.8, 4) is 44.8 Å². The van der Waals surface area contributed by atoms with Gasteiger partial charge in [-0.05, 0) is 80.9 Å². The SMILES string of the molecule is CC1(C)c2ccccc2-c2cccc(-n3c4ccccc4c4ccc5c(c6ccccc6n5-c5ccc(-c6ccc(-c7ccccc7)cc6)cc5)c43)c21. The number of para-hydroxylation sites is 2. The second-order valence-corrected chi connectivity index (χ2v) is 14.9. The third kappa shape index (κ3) is 4.27. The Kier molecular flexibility index (Phi) is 6.33. The first kappa shape index (κ1) is 30.0. The highest BCUT2D eigenvalue weighted by atomic mass is 15.0. The first-order valence-corrected chi connectivity index (χ1v) is 18.5. The van der Waals surface area contributed by atoms with Crippen LogP contribution in [0.1, 0.15) is 25.0 Å². The molecule has 8 aromatic carbocycles. The van der Waals surface area contributed by atoms with E-state index >= 15 is 0 Å². The highest BCUT2D eigenvalue weighted by Crippen LogP contribution is 2.52. The average Bonchev–Trinajstić information content (AvgIpc) is 3.82. The first-order valence-electron chi connectivity index (χ1n) is 18.5. The van der Waals surface area contributed by atoms with Crippen LogP contribution in [0.4, 0.5) is 0 Å². The van der Waals surface area contributed by atoms with Crippen molar-refractivity contribution in [3.05, 3.63) is 193 Å². The van der Waals surface area contributed by atoms with Gasteiger partial charge in [0, 0.05) is 32.6 Å². The van der Waals surface area contributed by atoms with Gasteiger partial charge in [0.05, 0.1) is 27.8 Å². The lowest BCUT2D eigenvalue weighted by Gasteiger charge is -2.25. The molecule has 0 spiro atoms. The molecule has 0 aliphatic heterocycles. The van der Waals surface area contributed by atoms with Crippen LogP contribution >= 0.6 is 0 Å². The molecular weight excluding hydrogens is 641 g/mol. The van der Waals surface area contributed by atoms with Gasteiger partial charge in [-0.15, -0.1) is 0 Å². The van der Waals surface area contributed by atoms with Crippen molar-refractivity contribution < 1.29 is 0 Å². The Morgan fingerprint density at radius 3 is 1.68 bits per heavy atom. The molecule has 2 heterocycles. The number of rotatable bonds is 4. The molecule has 2 heteroatoms. The lowest BCUT2D eigenvalue weighted by Crippen LogP contribution is -2.18. The molecule has 53 heavy (non-hydrogen) atoms. The summed E-state index contributed by atoms with van der Waals surface area (Å²) in [6.45, 7) is 4.77. The van der Waals surface area contributed by atoms with E-state index in [0.29, 0.717) is 0 Å². The predicted octanol–water partition coefficient (Wildman–Crippen LogP) is 13.5. The van der Waals surface area contributed by atoms with E-state index in [2.05, 4.69) is 205 Å². The molecule has 0 N–H and O–H groups in total. The molecule has 0 fully saturated rings. The van der Waals surface area contributed by atoms with Gasteiger partial charge in [-0.3, -0.25) is 0 Å². The fourth-order valence-electron chi connectivity index (χ4n) is 9.33. The Bertz CT molecular complexity index is 3050. The van der Waals surface area contributed by atoms with Gasteiger partial charge in [0.2, 0.25) is 0 Å². The van der Waals surface area contributed by atoms with Crippen molar-refractivity contribution in [1.29, 1.82) is 0 Å². The fraction of sp³-hybridized carbons (Fsp3) is 0.0588. The van der Waals surface area contributed by atoms with Crippen molar-refractivity contribution in [2.75, 3.05) is 0 Å². The van der Waals surface area contributed by atoms with Crippen LogP contribution in [0.25, 0.3) is 88.4 Å². The number of hydrogen-bond donors (Lipinski definition) is 0. The maximum atomic E-state index is 2.57. The molecule has 0 radical (unpaired) electrons. The van der Waals surface area contributed by atoms with Gasteiger partial charge in [-0.25, -0.2) is 0 Å². The van der Waals surface area contributed by atoms with Gasteiger partial charge >= 0.3 is 0 Å². The number of hydrogen-bond acceptors (Lipinski definition) is 0. The van der Waals surface area contributed by atoms with Crippen molar-refractivity contribution >= 4 is 43.6 Å². The van der Waals surface area contributed by atoms with Gasteiger partial charge in [-0.2, -0.15) is 0 Å². The van der Waals surface area contributed by atoms with E-state index in [9.17, 15) is 0 Å². The van der Waals surface area contributed by atoms with E-state index in [1.54, 1.807) is 0 Å². The van der Waals surface area contributed by atoms with Gasteiger partial charge in [-0.1, -0.05) is 159 Å². The Morgan fingerprint density at radius 1 is 0.377 bits per heavy atom. The van der Waals surface area contributed by atoms with Crippen molar-refractivity contribution in [2.24, 2.45) is 0 Å². The van der Waals surface area contributed by atoms with Gasteiger partial charge in [0.15, 0.2) is 0 Å². The van der Waals surface area contributed by atoms with E-state index < -0.39 is 0 Å². The zero-order valence-electron chi connectivity index (χ0n) is 29.7. The van der Waals surface area contributed by atoms with Crippen LogP contribution in [0, 0.1) is 0 Å². The standard InChI is InChI=1S/C51H36N2/c1-51(2)43-19-9-6-15-38(43)40-18-12-22-47(49(40)51)53-44-20-10-7-16-39(44)41-31-32-46-48(50(41)53)42-17-8-11-21-45(42)52(46)37-29-27-36(28-30-37)35-25-23-34(24-26-35)33-13-4-3-5-14-33/h3-32H,1-2H3. The minimum Gasteiger partial charge on any atom is -0.309 e. The van der Waals surface area contributed by atoms with E-state index in [-0.39, 0.29) is 5.41 Å². The summed E-state index contributed by atoms with van der Waals surface area (Å²) in [5.74, 6) is 0. The number of aromatic nitrogens is 2. The molecule has 0 bridgehead atoms. The summed E-state index contributed by atoms with van der Waals surface area (Å²) in [6, 6.07) is 66.9. The van der Waals surface area contributed by atoms with Crippen LogP contribution in [0.2, 0.25) is 0 Å². The molecular formula is C51H36N2. The highest BCUT2D eigenvalue weighted by molar-refractivity contribution is 6.26. The molecule has 0 unspecified atom stereocenters. The largest absolute Gasteiger partial charge is 0.309 e. The van der Waals surface area contributed by atoms with Crippen molar-refractivity contribution in [1.82, 2.24) is 9.13 Å². The van der Waals surface area contributed by atoms with Gasteiger partial charge in [0.1, 0.15) is 0 Å². The van der Waals surface area contributed by atoms with E-state index in [0.717, 1.165) is 5.69 Å². The zero-order valence-corrected chi connectivity index (χ0v) is 29.7. The summed E-state index contributed by atoms with van der Waals surface area (Å²) in [5, 5.41) is 5.08. The summed E-state index contributed by atoms with van der Waals surface area (Å²) in [7, 11) is 0. The predicted molar refractivity (Wildman–Crippen MR) is 224 cm³/mol. The second-order valence-electron chi connectivity index (χ2n) is 14.9. The third-order valence-corrected chi connectivity index (χ3v) is 11.7. The number of benzene rings is 8. The topological polar surface area (TPSA) is 9.86 Å². The highest BCUT2D eigenvalue weighted by Gasteiger charge is 2.38. The Labute approximate surface area is 308 Å². The smallest absolute Gasteiger partial charge is 0.0641 e. The normalized spacial score (nSPS) is 13.2. The van der Waals surface area contributed by atoms with Crippen molar-refractivity contribution in [2.45, 2.75) is 19.3 Å². The maximum absolute atomic E-state index is 2.57. The van der Waals surface area contributed by atoms with Crippen LogP contribution in [0.5, 0.6) is 0 Å². The lowest BCUT2D eigenvalue weighted by molar-refractivity contribution is 0.656. The van der Waals surface area contributed by atoms with Crippen LogP contribution in [0.15, 0.2) is 182 Å². The molecule has 0 saturated carbocycles. The summed E-state index contributed by atoms with van der Waals surface area (Å²) >= 11 is 0. The monoisotopic (exact) mass is 676 g/mol. The summed E-state index contributed by atoms with van der Waals surface area (Å²) < 4.78 is 5.02. The maximum Gasteiger partial charge on any atom is 0.0641 e. The molecule has 11 rings (SSSR count). The molecule has 1 aliphatic carbocycles. The summed E-state index contributed by atoms with van der Waals surface area (Å²) in [6.07, 6.45) is 0. The summed E-state index contributed by atoms with van der Waals surface area (Å²) in [4.78, 5) is 0. The van der Waals surface area contributed by atoms with E-state index in [1.807, 2.05) is 0 Å². The minimum atomic E-state index is -0.147. The lowest BCUT2D eigenvalue weighted by atomic mass is 9.81. The molecule has 2 nitrogen and oxygen atoms in total. The molecule has 0 saturated heterocycles. The molecule has 250 valence electrons. The van der Waals surface area contributed by atoms with Gasteiger partial charge in [0.25, 0.3) is 0 Å². The van der Waals surface area contributed by atoms with Crippen molar-refractivity contribution in [3.63, 3.8) is 0 Å². The van der Waals surface area contributed by atoms with E-state index in [4.69, 9.17) is 0 Å². The van der Waals surface area contributed by atoms with Crippen LogP contribution in [0.3, 0.4) is 0 Å². The Morgan fingerprint density at radius 2 is 0.943 bits per heavy atom. The summed E-state index contributed by atoms with van der Waals surface area (Å²) in [5.41, 5.74) is 17.5. The van der Waals surface area contributed by atoms with E-state index in [1.165, 1.54) is 93.8 Å². The Hall–Kier alpha value is -6.64. The Balaban J connectivity index is 1.14. The molecule has 0 amide bonds.